The summed E-state index contributed by atoms with van der Waals surface area (Å²) >= 11 is 0. The Morgan fingerprint density at radius 2 is 0.490 bits per heavy atom. The van der Waals surface area contributed by atoms with Crippen LogP contribution >= 0.6 is 0 Å². The standard InChI is InChI=1S/C46H30N2O.C46H32N2.C44H30N2/c1-3-13-33(14-4-1)47(35-25-22-32(23-26-35)37-19-11-21-44-45(37)40-18-9-10-20-43(40)49-44)36-27-29-42-41(30-36)39-28-24-31-12-7-8-17-38(31)46(39)48(42)34-15-5-2-6-16-34;1-4-15-33(16-5-1)35-17-14-18-36(31-35)34-27-29-39(30-28-34)47(37-19-6-2-7-20-37)45-32-43-41-24-12-13-26-44(41)48(38-21-8-3-9-22-38)46(43)42-25-11-10-23-40(42)45;1-3-13-36(14-4-1)45(38-25-21-32(22-26-38)35-20-19-31-11-7-8-12-34(31)29-35)39-27-23-33-24-28-41-40-17-9-10-18-43(40)46(44(41)42(33)30-39)37-15-5-2-6-16-37/h1-30H;1-32H;1-30H. The Kier molecular flexibility index (Phi) is 21.5. The van der Waals surface area contributed by atoms with Crippen LogP contribution in [0.4, 0.5) is 51.2 Å². The van der Waals surface area contributed by atoms with E-state index in [-0.39, 0.29) is 0 Å². The number of rotatable bonds is 16. The van der Waals surface area contributed by atoms with Crippen LogP contribution in [0.5, 0.6) is 0 Å². The summed E-state index contributed by atoms with van der Waals surface area (Å²) in [7, 11) is 0. The van der Waals surface area contributed by atoms with Gasteiger partial charge in [-0.15, -0.1) is 0 Å². The normalized spacial score (nSPS) is 11.5. The third kappa shape index (κ3) is 15.4. The lowest BCUT2D eigenvalue weighted by molar-refractivity contribution is 0.669. The minimum absolute atomic E-state index is 0.907. The molecule has 0 fully saturated rings. The van der Waals surface area contributed by atoms with E-state index in [0.29, 0.717) is 0 Å². The largest absolute Gasteiger partial charge is 0.456 e. The molecule has 0 saturated heterocycles. The molecule has 0 atom stereocenters. The van der Waals surface area contributed by atoms with Crippen molar-refractivity contribution in [3.63, 3.8) is 0 Å². The van der Waals surface area contributed by atoms with Crippen LogP contribution in [0.1, 0.15) is 0 Å². The van der Waals surface area contributed by atoms with Crippen molar-refractivity contribution in [2.75, 3.05) is 14.7 Å². The van der Waals surface area contributed by atoms with Crippen molar-refractivity contribution in [1.82, 2.24) is 13.7 Å². The van der Waals surface area contributed by atoms with Gasteiger partial charge in [0, 0.05) is 127 Å². The predicted octanol–water partition coefficient (Wildman–Crippen LogP) is 37.9. The highest BCUT2D eigenvalue weighted by molar-refractivity contribution is 6.24. The second-order valence-corrected chi connectivity index (χ2v) is 36.6. The molecule has 28 aromatic rings. The van der Waals surface area contributed by atoms with E-state index in [1.165, 1.54) is 147 Å². The van der Waals surface area contributed by atoms with Crippen LogP contribution < -0.4 is 14.7 Å². The zero-order valence-electron chi connectivity index (χ0n) is 78.2. The fraction of sp³-hybridized carbons (Fsp3) is 0. The molecule has 7 nitrogen and oxygen atoms in total. The molecule has 0 radical (unpaired) electrons. The summed E-state index contributed by atoms with van der Waals surface area (Å²) in [6.45, 7) is 0. The smallest absolute Gasteiger partial charge is 0.136 e. The third-order valence-electron chi connectivity index (χ3n) is 28.2. The molecule has 0 bridgehead atoms. The van der Waals surface area contributed by atoms with E-state index in [2.05, 4.69) is 574 Å². The Balaban J connectivity index is 0.000000110. The lowest BCUT2D eigenvalue weighted by atomic mass is 9.98. The van der Waals surface area contributed by atoms with Gasteiger partial charge < -0.3 is 32.8 Å². The van der Waals surface area contributed by atoms with Crippen molar-refractivity contribution in [2.24, 2.45) is 0 Å². The molecule has 0 spiro atoms. The highest BCUT2D eigenvalue weighted by atomic mass is 16.3. The zero-order valence-corrected chi connectivity index (χ0v) is 78.2. The maximum atomic E-state index is 6.20. The Morgan fingerprint density at radius 1 is 0.154 bits per heavy atom. The molecule has 0 unspecified atom stereocenters. The lowest BCUT2D eigenvalue weighted by Gasteiger charge is -2.27. The average molecular weight is 1830 g/mol. The van der Waals surface area contributed by atoms with Gasteiger partial charge in [0.25, 0.3) is 0 Å². The minimum Gasteiger partial charge on any atom is -0.456 e. The number of fused-ring (bicyclic) bond motifs is 19. The van der Waals surface area contributed by atoms with E-state index in [1.807, 2.05) is 12.1 Å². The maximum absolute atomic E-state index is 6.20. The molecule has 672 valence electrons. The topological polar surface area (TPSA) is 37.6 Å². The van der Waals surface area contributed by atoms with E-state index in [9.17, 15) is 0 Å². The van der Waals surface area contributed by atoms with E-state index in [1.54, 1.807) is 0 Å². The van der Waals surface area contributed by atoms with Gasteiger partial charge >= 0.3 is 0 Å². The average Bonchev–Trinajstić information content (AvgIpc) is 1.58. The number of nitrogens with zero attached hydrogens (tertiary/aromatic N) is 6. The molecule has 0 aliphatic rings. The van der Waals surface area contributed by atoms with Crippen molar-refractivity contribution in [1.29, 1.82) is 0 Å². The number of anilines is 9. The van der Waals surface area contributed by atoms with E-state index in [4.69, 9.17) is 4.42 Å². The monoisotopic (exact) mass is 1820 g/mol. The van der Waals surface area contributed by atoms with Crippen molar-refractivity contribution >= 4 is 182 Å². The van der Waals surface area contributed by atoms with Crippen LogP contribution in [-0.2, 0) is 0 Å². The van der Waals surface area contributed by atoms with Gasteiger partial charge in [0.05, 0.1) is 38.8 Å². The van der Waals surface area contributed by atoms with Gasteiger partial charge in [-0.25, -0.2) is 0 Å². The van der Waals surface area contributed by atoms with Crippen LogP contribution in [0.15, 0.2) is 563 Å². The first-order chi connectivity index (χ1) is 71.0. The molecule has 0 aliphatic carbocycles. The summed E-state index contributed by atoms with van der Waals surface area (Å²) in [4.78, 5) is 7.11. The Bertz CT molecular complexity index is 9620. The van der Waals surface area contributed by atoms with Crippen molar-refractivity contribution in [3.8, 4) is 61.6 Å². The first-order valence-corrected chi connectivity index (χ1v) is 48.9. The fourth-order valence-electron chi connectivity index (χ4n) is 21.7. The number of furan rings is 1. The Labute approximate surface area is 828 Å². The van der Waals surface area contributed by atoms with Gasteiger partial charge in [-0.1, -0.05) is 376 Å². The second-order valence-electron chi connectivity index (χ2n) is 36.6. The van der Waals surface area contributed by atoms with Gasteiger partial charge in [-0.05, 0) is 248 Å². The summed E-state index contributed by atoms with van der Waals surface area (Å²) in [5, 5.41) is 19.6. The van der Waals surface area contributed by atoms with Crippen molar-refractivity contribution in [2.45, 2.75) is 0 Å². The molecule has 28 rings (SSSR count). The van der Waals surface area contributed by atoms with Crippen LogP contribution in [0.25, 0.3) is 192 Å². The van der Waals surface area contributed by atoms with Crippen molar-refractivity contribution in [3.05, 3.63) is 558 Å². The third-order valence-corrected chi connectivity index (χ3v) is 28.2. The van der Waals surface area contributed by atoms with Gasteiger partial charge in [0.15, 0.2) is 0 Å². The molecule has 4 aromatic heterocycles. The number of aromatic nitrogens is 3. The van der Waals surface area contributed by atoms with Gasteiger partial charge in [-0.2, -0.15) is 0 Å². The van der Waals surface area contributed by atoms with Crippen molar-refractivity contribution < 1.29 is 4.42 Å². The summed E-state index contributed by atoms with van der Waals surface area (Å²) < 4.78 is 13.5. The highest BCUT2D eigenvalue weighted by Gasteiger charge is 2.26. The molecule has 7 heteroatoms. The Morgan fingerprint density at radius 3 is 1.06 bits per heavy atom. The molecular weight excluding hydrogens is 1730 g/mol. The molecule has 143 heavy (non-hydrogen) atoms. The molecular formula is C136H92N6O. The number of hydrogen-bond acceptors (Lipinski definition) is 4. The zero-order chi connectivity index (χ0) is 94.6. The lowest BCUT2D eigenvalue weighted by Crippen LogP contribution is -2.10. The summed E-state index contributed by atoms with van der Waals surface area (Å²) in [6.07, 6.45) is 0. The molecule has 24 aromatic carbocycles. The quantitative estimate of drug-likeness (QED) is 0.0966. The first-order valence-electron chi connectivity index (χ1n) is 48.9. The van der Waals surface area contributed by atoms with E-state index in [0.717, 1.165) is 95.8 Å². The van der Waals surface area contributed by atoms with Crippen LogP contribution in [-0.4, -0.2) is 13.7 Å². The number of para-hydroxylation sites is 9. The molecule has 0 saturated carbocycles. The maximum Gasteiger partial charge on any atom is 0.136 e. The van der Waals surface area contributed by atoms with E-state index < -0.39 is 0 Å². The highest BCUT2D eigenvalue weighted by Crippen LogP contribution is 2.50. The fourth-order valence-corrected chi connectivity index (χ4v) is 21.7. The molecule has 4 heterocycles. The summed E-state index contributed by atoms with van der Waals surface area (Å²) in [5.41, 5.74) is 32.2. The SMILES string of the molecule is c1ccc(-c2cccc(-c3ccc(N(c4ccccc4)c4cc5c6ccccc6n(-c6ccccc6)c5c5ccccc45)cc3)c2)cc1.c1ccc(N(c2ccc(-c3ccc4ccccc4c3)cc2)c2ccc3ccc4c5ccccc5n(-c5ccccc5)c4c3c2)cc1.c1ccc(N(c2ccc(-c3cccc4oc5ccccc5c34)cc2)c2ccc3c(c2)c2ccc4ccccc4c2n3-c2ccccc2)cc1. The number of hydrogen-bond donors (Lipinski definition) is 0. The summed E-state index contributed by atoms with van der Waals surface area (Å²) in [5.74, 6) is 0. The molecule has 0 amide bonds. The first kappa shape index (κ1) is 84.4. The van der Waals surface area contributed by atoms with Crippen LogP contribution in [0.2, 0.25) is 0 Å². The Hall–Kier alpha value is -19.1. The van der Waals surface area contributed by atoms with Crippen LogP contribution in [0.3, 0.4) is 0 Å². The van der Waals surface area contributed by atoms with E-state index >= 15 is 0 Å². The van der Waals surface area contributed by atoms with Gasteiger partial charge in [0.1, 0.15) is 11.2 Å². The minimum atomic E-state index is 0.907. The number of benzene rings is 24. The second kappa shape index (κ2) is 36.4. The van der Waals surface area contributed by atoms with Gasteiger partial charge in [0.2, 0.25) is 0 Å². The predicted molar refractivity (Wildman–Crippen MR) is 605 cm³/mol. The van der Waals surface area contributed by atoms with Crippen LogP contribution in [0, 0.1) is 0 Å². The molecule has 0 aliphatic heterocycles. The van der Waals surface area contributed by atoms with Gasteiger partial charge in [-0.3, -0.25) is 0 Å². The summed E-state index contributed by atoms with van der Waals surface area (Å²) in [6, 6.07) is 200. The molecule has 0 N–H and O–H groups in total.